The van der Waals surface area contributed by atoms with Gasteiger partial charge in [0.2, 0.25) is 0 Å². The highest BCUT2D eigenvalue weighted by Crippen LogP contribution is 2.47. The number of hydrogen-bond acceptors (Lipinski definition) is 3. The summed E-state index contributed by atoms with van der Waals surface area (Å²) in [7, 11) is 4.14. The summed E-state index contributed by atoms with van der Waals surface area (Å²) >= 11 is 0. The number of carbonyl (C=O) groups excluding carboxylic acids is 1. The standard InChI is InChI=1S/C27H34N4O/c1-19-8-7-16-31-23(18-30(3)25(21-11-12-21)22-13-14-22)24(28-26(19)31)27(32)29(2)17-15-20-9-5-4-6-10-20/h4-10,16,21-22,25H,11-15,17-18H2,1-3H3. The van der Waals surface area contributed by atoms with E-state index in [9.17, 15) is 4.79 Å². The third-order valence-corrected chi connectivity index (χ3v) is 7.19. The first-order valence-electron chi connectivity index (χ1n) is 12.0. The van der Waals surface area contributed by atoms with Crippen molar-refractivity contribution in [2.45, 2.75) is 51.6 Å². The summed E-state index contributed by atoms with van der Waals surface area (Å²) < 4.78 is 2.14. The molecule has 3 aromatic rings. The molecule has 5 nitrogen and oxygen atoms in total. The molecule has 0 unspecified atom stereocenters. The van der Waals surface area contributed by atoms with Crippen LogP contribution in [-0.2, 0) is 13.0 Å². The first kappa shape index (κ1) is 21.2. The molecule has 0 bridgehead atoms. The highest BCUT2D eigenvalue weighted by molar-refractivity contribution is 5.94. The Labute approximate surface area is 191 Å². The van der Waals surface area contributed by atoms with E-state index in [2.05, 4.69) is 53.7 Å². The summed E-state index contributed by atoms with van der Waals surface area (Å²) in [5, 5.41) is 0. The quantitative estimate of drug-likeness (QED) is 0.499. The van der Waals surface area contributed by atoms with Gasteiger partial charge in [-0.2, -0.15) is 0 Å². The van der Waals surface area contributed by atoms with E-state index in [0.717, 1.165) is 41.7 Å². The maximum Gasteiger partial charge on any atom is 0.274 e. The van der Waals surface area contributed by atoms with Gasteiger partial charge in [0.05, 0.1) is 5.69 Å². The fourth-order valence-corrected chi connectivity index (χ4v) is 5.12. The second kappa shape index (κ2) is 8.70. The van der Waals surface area contributed by atoms with Gasteiger partial charge in [-0.15, -0.1) is 0 Å². The molecule has 2 aliphatic carbocycles. The maximum atomic E-state index is 13.5. The number of benzene rings is 1. The van der Waals surface area contributed by atoms with Crippen molar-refractivity contribution < 1.29 is 4.79 Å². The molecule has 0 saturated heterocycles. The SMILES string of the molecule is Cc1cccn2c(CN(C)C(C3CC3)C3CC3)c(C(=O)N(C)CCc3ccccc3)nc12. The normalized spacial score (nSPS) is 16.3. The lowest BCUT2D eigenvalue weighted by molar-refractivity contribution is 0.0788. The largest absolute Gasteiger partial charge is 0.340 e. The number of fused-ring (bicyclic) bond motifs is 1. The van der Waals surface area contributed by atoms with E-state index in [1.165, 1.54) is 31.2 Å². The molecule has 0 N–H and O–H groups in total. The molecule has 0 spiro atoms. The minimum atomic E-state index is 0.0156. The highest BCUT2D eigenvalue weighted by atomic mass is 16.2. The predicted molar refractivity (Wildman–Crippen MR) is 128 cm³/mol. The topological polar surface area (TPSA) is 40.9 Å². The van der Waals surface area contributed by atoms with Gasteiger partial charge >= 0.3 is 0 Å². The van der Waals surface area contributed by atoms with Crippen LogP contribution in [0.3, 0.4) is 0 Å². The van der Waals surface area contributed by atoms with E-state index in [4.69, 9.17) is 4.98 Å². The van der Waals surface area contributed by atoms with Crippen LogP contribution in [0.25, 0.3) is 5.65 Å². The fourth-order valence-electron chi connectivity index (χ4n) is 5.12. The van der Waals surface area contributed by atoms with E-state index in [1.54, 1.807) is 0 Å². The van der Waals surface area contributed by atoms with Gasteiger partial charge in [0.15, 0.2) is 5.69 Å². The Morgan fingerprint density at radius 1 is 1.06 bits per heavy atom. The van der Waals surface area contributed by atoms with E-state index in [0.29, 0.717) is 18.3 Å². The van der Waals surface area contributed by atoms with Crippen molar-refractivity contribution in [1.29, 1.82) is 0 Å². The molecule has 2 saturated carbocycles. The maximum absolute atomic E-state index is 13.5. The minimum Gasteiger partial charge on any atom is -0.340 e. The van der Waals surface area contributed by atoms with E-state index >= 15 is 0 Å². The van der Waals surface area contributed by atoms with Crippen LogP contribution < -0.4 is 0 Å². The second-order valence-electron chi connectivity index (χ2n) is 9.83. The molecule has 0 radical (unpaired) electrons. The number of amides is 1. The number of rotatable bonds is 9. The van der Waals surface area contributed by atoms with Crippen molar-refractivity contribution in [2.24, 2.45) is 11.8 Å². The zero-order valence-corrected chi connectivity index (χ0v) is 19.5. The Hall–Kier alpha value is -2.66. The lowest BCUT2D eigenvalue weighted by atomic mass is 10.1. The van der Waals surface area contributed by atoms with Crippen LogP contribution in [0, 0.1) is 18.8 Å². The van der Waals surface area contributed by atoms with Crippen LogP contribution in [0.5, 0.6) is 0 Å². The first-order valence-corrected chi connectivity index (χ1v) is 12.0. The van der Waals surface area contributed by atoms with Crippen LogP contribution >= 0.6 is 0 Å². The molecule has 32 heavy (non-hydrogen) atoms. The van der Waals surface area contributed by atoms with Gasteiger partial charge in [-0.1, -0.05) is 36.4 Å². The molecule has 0 aliphatic heterocycles. The molecule has 5 heteroatoms. The zero-order valence-electron chi connectivity index (χ0n) is 19.5. The van der Waals surface area contributed by atoms with Gasteiger partial charge in [0, 0.05) is 32.4 Å². The summed E-state index contributed by atoms with van der Waals surface area (Å²) in [6, 6.07) is 15.1. The Bertz CT molecular complexity index is 1090. The third-order valence-electron chi connectivity index (χ3n) is 7.19. The summed E-state index contributed by atoms with van der Waals surface area (Å²) in [5.74, 6) is 1.68. The number of nitrogens with zero attached hydrogens (tertiary/aromatic N) is 4. The molecule has 1 aromatic carbocycles. The number of likely N-dealkylation sites (N-methyl/N-ethyl adjacent to an activating group) is 1. The van der Waals surface area contributed by atoms with Crippen molar-refractivity contribution in [1.82, 2.24) is 19.2 Å². The number of carbonyl (C=O) groups is 1. The van der Waals surface area contributed by atoms with Gasteiger partial charge in [-0.3, -0.25) is 9.69 Å². The summed E-state index contributed by atoms with van der Waals surface area (Å²) in [6.45, 7) is 3.51. The van der Waals surface area contributed by atoms with Crippen molar-refractivity contribution in [3.05, 3.63) is 71.2 Å². The highest BCUT2D eigenvalue weighted by Gasteiger charge is 2.43. The van der Waals surface area contributed by atoms with Crippen LogP contribution in [0.1, 0.15) is 53.0 Å². The number of imidazole rings is 1. The lowest BCUT2D eigenvalue weighted by Gasteiger charge is -2.28. The molecule has 0 atom stereocenters. The van der Waals surface area contributed by atoms with Gasteiger partial charge in [0.25, 0.3) is 5.91 Å². The average molecular weight is 431 g/mol. The molecule has 168 valence electrons. The van der Waals surface area contributed by atoms with Crippen molar-refractivity contribution in [3.63, 3.8) is 0 Å². The third kappa shape index (κ3) is 4.31. The summed E-state index contributed by atoms with van der Waals surface area (Å²) in [4.78, 5) is 22.7. The Morgan fingerprint density at radius 2 is 1.75 bits per heavy atom. The Morgan fingerprint density at radius 3 is 2.41 bits per heavy atom. The van der Waals surface area contributed by atoms with Crippen molar-refractivity contribution in [2.75, 3.05) is 20.6 Å². The summed E-state index contributed by atoms with van der Waals surface area (Å²) in [5.41, 5.74) is 4.87. The molecule has 5 rings (SSSR count). The Kier molecular flexibility index (Phi) is 5.76. The van der Waals surface area contributed by atoms with E-state index in [1.807, 2.05) is 30.1 Å². The van der Waals surface area contributed by atoms with Crippen molar-refractivity contribution >= 4 is 11.6 Å². The smallest absolute Gasteiger partial charge is 0.274 e. The predicted octanol–water partition coefficient (Wildman–Crippen LogP) is 4.58. The van der Waals surface area contributed by atoms with Gasteiger partial charge in [-0.05, 0) is 75.1 Å². The van der Waals surface area contributed by atoms with Crippen LogP contribution in [0.4, 0.5) is 0 Å². The number of aromatic nitrogens is 2. The van der Waals surface area contributed by atoms with E-state index < -0.39 is 0 Å². The van der Waals surface area contributed by atoms with Crippen LogP contribution in [0.15, 0.2) is 48.7 Å². The van der Waals surface area contributed by atoms with E-state index in [-0.39, 0.29) is 5.91 Å². The molecule has 2 aliphatic rings. The molecular formula is C27H34N4O. The number of hydrogen-bond donors (Lipinski definition) is 0. The second-order valence-corrected chi connectivity index (χ2v) is 9.83. The zero-order chi connectivity index (χ0) is 22.2. The molecule has 1 amide bonds. The van der Waals surface area contributed by atoms with Crippen LogP contribution in [-0.4, -0.2) is 51.8 Å². The first-order chi connectivity index (χ1) is 15.5. The Balaban J connectivity index is 1.41. The lowest BCUT2D eigenvalue weighted by Crippen LogP contribution is -2.36. The van der Waals surface area contributed by atoms with Gasteiger partial charge in [-0.25, -0.2) is 4.98 Å². The average Bonchev–Trinajstić information content (AvgIpc) is 3.73. The van der Waals surface area contributed by atoms with Crippen molar-refractivity contribution in [3.8, 4) is 0 Å². The monoisotopic (exact) mass is 430 g/mol. The van der Waals surface area contributed by atoms with Gasteiger partial charge in [0.1, 0.15) is 5.65 Å². The van der Waals surface area contributed by atoms with Crippen LogP contribution in [0.2, 0.25) is 0 Å². The molecular weight excluding hydrogens is 396 g/mol. The molecule has 2 heterocycles. The molecule has 2 aromatic heterocycles. The number of pyridine rings is 1. The fraction of sp³-hybridized carbons (Fsp3) is 0.481. The summed E-state index contributed by atoms with van der Waals surface area (Å²) in [6.07, 6.45) is 8.31. The van der Waals surface area contributed by atoms with Gasteiger partial charge < -0.3 is 9.30 Å². The minimum absolute atomic E-state index is 0.0156. The molecule has 2 fully saturated rings. The number of aryl methyl sites for hydroxylation is 1.